The van der Waals surface area contributed by atoms with E-state index in [0.717, 1.165) is 20.9 Å². The van der Waals surface area contributed by atoms with Gasteiger partial charge in [0.1, 0.15) is 0 Å². The number of benzene rings is 1. The molecule has 1 aromatic heterocycles. The van der Waals surface area contributed by atoms with E-state index in [1.807, 2.05) is 31.2 Å². The van der Waals surface area contributed by atoms with Gasteiger partial charge in [0, 0.05) is 23.1 Å². The lowest BCUT2D eigenvalue weighted by Crippen LogP contribution is -2.27. The molecule has 0 bridgehead atoms. The number of halogens is 1. The Balaban J connectivity index is 2.71. The summed E-state index contributed by atoms with van der Waals surface area (Å²) in [6.45, 7) is 1.91. The second-order valence-electron chi connectivity index (χ2n) is 4.42. The number of rotatable bonds is 2. The van der Waals surface area contributed by atoms with Crippen LogP contribution in [0.2, 0.25) is 0 Å². The van der Waals surface area contributed by atoms with Gasteiger partial charge in [0.2, 0.25) is 0 Å². The summed E-state index contributed by atoms with van der Waals surface area (Å²) < 4.78 is 2.69. The van der Waals surface area contributed by atoms with E-state index < -0.39 is 0 Å². The molecule has 0 aliphatic heterocycles. The van der Waals surface area contributed by atoms with Gasteiger partial charge in [-0.15, -0.1) is 0 Å². The molecule has 0 aliphatic rings. The highest BCUT2D eigenvalue weighted by Crippen LogP contribution is 2.19. The molecule has 0 spiro atoms. The van der Waals surface area contributed by atoms with E-state index in [1.54, 1.807) is 11.6 Å². The van der Waals surface area contributed by atoms with Gasteiger partial charge in [0.25, 0.3) is 5.56 Å². The molecule has 0 saturated heterocycles. The molecule has 17 heavy (non-hydrogen) atoms. The van der Waals surface area contributed by atoms with Crippen LogP contribution >= 0.6 is 15.9 Å². The molecule has 0 amide bonds. The summed E-state index contributed by atoms with van der Waals surface area (Å²) in [5, 5.41) is 1.05. The molecule has 0 aliphatic carbocycles. The average Bonchev–Trinajstić information content (AvgIpc) is 2.24. The van der Waals surface area contributed by atoms with Crippen molar-refractivity contribution in [3.63, 3.8) is 0 Å². The van der Waals surface area contributed by atoms with Gasteiger partial charge in [-0.1, -0.05) is 15.9 Å². The van der Waals surface area contributed by atoms with Crippen molar-refractivity contribution in [2.45, 2.75) is 19.4 Å². The lowest BCUT2D eigenvalue weighted by Gasteiger charge is -2.10. The van der Waals surface area contributed by atoms with Crippen LogP contribution in [0.1, 0.15) is 12.5 Å². The van der Waals surface area contributed by atoms with Crippen molar-refractivity contribution >= 4 is 26.8 Å². The molecule has 0 saturated carbocycles. The number of pyridine rings is 1. The monoisotopic (exact) mass is 294 g/mol. The number of hydrogen-bond acceptors (Lipinski definition) is 2. The van der Waals surface area contributed by atoms with Gasteiger partial charge in [-0.2, -0.15) is 0 Å². The molecule has 1 aromatic carbocycles. The van der Waals surface area contributed by atoms with Crippen LogP contribution < -0.4 is 11.3 Å². The quantitative estimate of drug-likeness (QED) is 0.923. The minimum Gasteiger partial charge on any atom is -0.328 e. The Hall–Kier alpha value is -1.13. The second kappa shape index (κ2) is 4.63. The summed E-state index contributed by atoms with van der Waals surface area (Å²) in [7, 11) is 1.79. The number of nitrogens with zero attached hydrogens (tertiary/aromatic N) is 1. The summed E-state index contributed by atoms with van der Waals surface area (Å²) in [5.74, 6) is 0. The van der Waals surface area contributed by atoms with Crippen LogP contribution in [0, 0.1) is 0 Å². The Morgan fingerprint density at radius 1 is 1.41 bits per heavy atom. The van der Waals surface area contributed by atoms with Crippen LogP contribution in [0.3, 0.4) is 0 Å². The Labute approximate surface area is 108 Å². The van der Waals surface area contributed by atoms with Crippen molar-refractivity contribution in [3.8, 4) is 0 Å². The fourth-order valence-electron chi connectivity index (χ4n) is 2.01. The highest BCUT2D eigenvalue weighted by atomic mass is 79.9. The van der Waals surface area contributed by atoms with Crippen molar-refractivity contribution in [1.82, 2.24) is 4.57 Å². The number of hydrogen-bond donors (Lipinski definition) is 1. The predicted octanol–water partition coefficient (Wildman–Crippen LogP) is 2.19. The first-order chi connectivity index (χ1) is 7.99. The van der Waals surface area contributed by atoms with Gasteiger partial charge in [-0.25, -0.2) is 0 Å². The van der Waals surface area contributed by atoms with Crippen molar-refractivity contribution < 1.29 is 0 Å². The maximum atomic E-state index is 12.1. The van der Waals surface area contributed by atoms with Crippen molar-refractivity contribution in [2.24, 2.45) is 12.8 Å². The lowest BCUT2D eigenvalue weighted by molar-refractivity contribution is 0.722. The van der Waals surface area contributed by atoms with Gasteiger partial charge in [-0.3, -0.25) is 4.79 Å². The van der Waals surface area contributed by atoms with Gasteiger partial charge in [-0.05, 0) is 43.0 Å². The third-order valence-corrected chi connectivity index (χ3v) is 3.30. The molecule has 3 nitrogen and oxygen atoms in total. The van der Waals surface area contributed by atoms with E-state index in [1.165, 1.54) is 0 Å². The zero-order valence-corrected chi connectivity index (χ0v) is 11.5. The fourth-order valence-corrected chi connectivity index (χ4v) is 2.39. The van der Waals surface area contributed by atoms with Crippen LogP contribution in [-0.4, -0.2) is 10.6 Å². The predicted molar refractivity (Wildman–Crippen MR) is 74.2 cm³/mol. The van der Waals surface area contributed by atoms with E-state index in [2.05, 4.69) is 15.9 Å². The second-order valence-corrected chi connectivity index (χ2v) is 5.33. The van der Waals surface area contributed by atoms with E-state index in [4.69, 9.17) is 5.73 Å². The van der Waals surface area contributed by atoms with Crippen LogP contribution in [-0.2, 0) is 13.5 Å². The molecule has 0 fully saturated rings. The fraction of sp³-hybridized carbons (Fsp3) is 0.308. The number of nitrogens with two attached hydrogens (primary N) is 1. The highest BCUT2D eigenvalue weighted by Gasteiger charge is 2.08. The smallest absolute Gasteiger partial charge is 0.254 e. The molecule has 2 N–H and O–H groups in total. The van der Waals surface area contributed by atoms with Crippen LogP contribution in [0.15, 0.2) is 33.5 Å². The maximum Gasteiger partial charge on any atom is 0.254 e. The molecule has 4 heteroatoms. The normalized spacial score (nSPS) is 12.9. The maximum absolute atomic E-state index is 12.1. The summed E-state index contributed by atoms with van der Waals surface area (Å²) in [6, 6.07) is 7.82. The van der Waals surface area contributed by atoms with Crippen molar-refractivity contribution in [2.75, 3.05) is 0 Å². The number of aromatic nitrogens is 1. The zero-order valence-electron chi connectivity index (χ0n) is 9.90. The largest absolute Gasteiger partial charge is 0.328 e. The molecule has 2 aromatic rings. The summed E-state index contributed by atoms with van der Waals surface area (Å²) in [5.41, 5.74) is 7.51. The Morgan fingerprint density at radius 3 is 2.76 bits per heavy atom. The van der Waals surface area contributed by atoms with Gasteiger partial charge in [0.05, 0.1) is 5.52 Å². The van der Waals surface area contributed by atoms with Gasteiger partial charge >= 0.3 is 0 Å². The zero-order chi connectivity index (χ0) is 12.6. The average molecular weight is 295 g/mol. The van der Waals surface area contributed by atoms with Gasteiger partial charge in [0.15, 0.2) is 0 Å². The van der Waals surface area contributed by atoms with E-state index in [9.17, 15) is 4.79 Å². The first kappa shape index (κ1) is 12.3. The first-order valence-corrected chi connectivity index (χ1v) is 6.32. The SMILES string of the molecule is CC(N)Cc1cc2cc(Br)ccc2n(C)c1=O. The molecule has 1 unspecified atom stereocenters. The highest BCUT2D eigenvalue weighted by molar-refractivity contribution is 9.10. The Bertz CT molecular complexity index is 617. The lowest BCUT2D eigenvalue weighted by atomic mass is 10.1. The van der Waals surface area contributed by atoms with Gasteiger partial charge < -0.3 is 10.3 Å². The Morgan fingerprint density at radius 2 is 2.12 bits per heavy atom. The number of fused-ring (bicyclic) bond motifs is 1. The molecule has 0 radical (unpaired) electrons. The van der Waals surface area contributed by atoms with E-state index in [0.29, 0.717) is 6.42 Å². The summed E-state index contributed by atoms with van der Waals surface area (Å²) in [4.78, 5) is 12.1. The first-order valence-electron chi connectivity index (χ1n) is 5.53. The Kier molecular flexibility index (Phi) is 3.35. The van der Waals surface area contributed by atoms with Crippen LogP contribution in [0.25, 0.3) is 10.9 Å². The van der Waals surface area contributed by atoms with E-state index in [-0.39, 0.29) is 11.6 Å². The minimum atomic E-state index is -0.00713. The number of aryl methyl sites for hydroxylation is 1. The van der Waals surface area contributed by atoms with Crippen molar-refractivity contribution in [1.29, 1.82) is 0 Å². The standard InChI is InChI=1S/C13H15BrN2O/c1-8(15)5-10-6-9-7-11(14)3-4-12(9)16(2)13(10)17/h3-4,6-8H,5,15H2,1-2H3. The van der Waals surface area contributed by atoms with E-state index >= 15 is 0 Å². The van der Waals surface area contributed by atoms with Crippen molar-refractivity contribution in [3.05, 3.63) is 44.7 Å². The summed E-state index contributed by atoms with van der Waals surface area (Å²) >= 11 is 3.44. The molecular weight excluding hydrogens is 280 g/mol. The van der Waals surface area contributed by atoms with Crippen LogP contribution in [0.5, 0.6) is 0 Å². The molecule has 90 valence electrons. The molecule has 1 heterocycles. The minimum absolute atomic E-state index is 0.00713. The third kappa shape index (κ3) is 2.42. The summed E-state index contributed by atoms with van der Waals surface area (Å²) in [6.07, 6.45) is 0.606. The van der Waals surface area contributed by atoms with Crippen LogP contribution in [0.4, 0.5) is 0 Å². The third-order valence-electron chi connectivity index (χ3n) is 2.80. The topological polar surface area (TPSA) is 48.0 Å². The molecule has 2 rings (SSSR count). The molecular formula is C13H15BrN2O. The molecule has 1 atom stereocenters.